The molecule has 0 aliphatic heterocycles. The fourth-order valence-corrected chi connectivity index (χ4v) is 2.73. The van der Waals surface area contributed by atoms with Gasteiger partial charge in [0.05, 0.1) is 17.7 Å². The first-order valence-corrected chi connectivity index (χ1v) is 8.67. The van der Waals surface area contributed by atoms with Crippen LogP contribution in [-0.2, 0) is 11.2 Å². The van der Waals surface area contributed by atoms with Crippen LogP contribution in [-0.4, -0.2) is 24.3 Å². The predicted molar refractivity (Wildman–Crippen MR) is 90.9 cm³/mol. The molecule has 1 rings (SSSR count). The number of unbranched alkanes of at least 4 members (excludes halogenated alkanes) is 3. The van der Waals surface area contributed by atoms with Crippen molar-refractivity contribution in [3.63, 3.8) is 0 Å². The van der Waals surface area contributed by atoms with Gasteiger partial charge in [0.1, 0.15) is 0 Å². The van der Waals surface area contributed by atoms with E-state index in [-0.39, 0.29) is 6.42 Å². The van der Waals surface area contributed by atoms with E-state index in [2.05, 4.69) is 22.9 Å². The van der Waals surface area contributed by atoms with Gasteiger partial charge in [0, 0.05) is 6.42 Å². The third-order valence-corrected chi connectivity index (χ3v) is 3.83. The lowest BCUT2D eigenvalue weighted by Crippen LogP contribution is -2.04. The summed E-state index contributed by atoms with van der Waals surface area (Å²) in [6.07, 6.45) is 5.19. The van der Waals surface area contributed by atoms with Crippen LogP contribution in [0.1, 0.15) is 51.5 Å². The first kappa shape index (κ1) is 18.8. The Morgan fingerprint density at radius 3 is 2.59 bits per heavy atom. The molecule has 0 amide bonds. The molecule has 1 aromatic carbocycles. The van der Waals surface area contributed by atoms with Crippen molar-refractivity contribution >= 4 is 21.9 Å². The van der Waals surface area contributed by atoms with Gasteiger partial charge in [-0.1, -0.05) is 26.2 Å². The summed E-state index contributed by atoms with van der Waals surface area (Å²) in [5, 5.41) is 8.79. The Bertz CT molecular complexity index is 474. The zero-order chi connectivity index (χ0) is 16.4. The molecule has 0 saturated carbocycles. The summed E-state index contributed by atoms with van der Waals surface area (Å²) in [6, 6.07) is 3.78. The number of aryl methyl sites for hydroxylation is 1. The Morgan fingerprint density at radius 1 is 1.18 bits per heavy atom. The van der Waals surface area contributed by atoms with Crippen LogP contribution in [0.25, 0.3) is 0 Å². The van der Waals surface area contributed by atoms with Crippen LogP contribution in [0.4, 0.5) is 0 Å². The maximum atomic E-state index is 10.7. The average molecular weight is 373 g/mol. The van der Waals surface area contributed by atoms with Crippen LogP contribution in [0.3, 0.4) is 0 Å². The molecule has 0 aromatic heterocycles. The van der Waals surface area contributed by atoms with Gasteiger partial charge in [-0.25, -0.2) is 0 Å². The number of benzene rings is 1. The molecule has 0 atom stereocenters. The summed E-state index contributed by atoms with van der Waals surface area (Å²) in [4.78, 5) is 10.7. The number of hydrogen-bond acceptors (Lipinski definition) is 3. The minimum atomic E-state index is -0.801. The Hall–Kier alpha value is -1.23. The number of ether oxygens (including phenoxy) is 2. The standard InChI is InChI=1S/C17H25BrO4/c1-3-5-6-7-10-22-17-14(18)11-13(8-9-16(19)20)12-15(17)21-4-2/h11-12H,3-10H2,1-2H3,(H,19,20). The highest BCUT2D eigenvalue weighted by Crippen LogP contribution is 2.37. The van der Waals surface area contributed by atoms with Crippen molar-refractivity contribution < 1.29 is 19.4 Å². The van der Waals surface area contributed by atoms with Crippen LogP contribution in [0, 0.1) is 0 Å². The minimum absolute atomic E-state index is 0.106. The lowest BCUT2D eigenvalue weighted by molar-refractivity contribution is -0.136. The molecule has 22 heavy (non-hydrogen) atoms. The van der Waals surface area contributed by atoms with Crippen LogP contribution >= 0.6 is 15.9 Å². The summed E-state index contributed by atoms with van der Waals surface area (Å²) in [6.45, 7) is 5.30. The predicted octanol–water partition coefficient (Wildman–Crippen LogP) is 4.82. The van der Waals surface area contributed by atoms with Gasteiger partial charge in [-0.05, 0) is 53.4 Å². The molecule has 4 nitrogen and oxygen atoms in total. The molecule has 0 unspecified atom stereocenters. The van der Waals surface area contributed by atoms with Crippen molar-refractivity contribution in [1.82, 2.24) is 0 Å². The Balaban J connectivity index is 2.74. The fraction of sp³-hybridized carbons (Fsp3) is 0.588. The summed E-state index contributed by atoms with van der Waals surface area (Å²) >= 11 is 3.51. The van der Waals surface area contributed by atoms with Crippen LogP contribution in [0.2, 0.25) is 0 Å². The number of carboxylic acids is 1. The topological polar surface area (TPSA) is 55.8 Å². The van der Waals surface area contributed by atoms with Gasteiger partial charge < -0.3 is 14.6 Å². The van der Waals surface area contributed by atoms with Gasteiger partial charge in [0.15, 0.2) is 11.5 Å². The van der Waals surface area contributed by atoms with Crippen molar-refractivity contribution in [2.45, 2.75) is 52.4 Å². The second kappa shape index (κ2) is 10.5. The SMILES string of the molecule is CCCCCCOc1c(Br)cc(CCC(=O)O)cc1OCC. The number of aliphatic carboxylic acids is 1. The summed E-state index contributed by atoms with van der Waals surface area (Å²) in [7, 11) is 0. The first-order valence-electron chi connectivity index (χ1n) is 7.88. The first-order chi connectivity index (χ1) is 10.6. The van der Waals surface area contributed by atoms with Gasteiger partial charge in [-0.2, -0.15) is 0 Å². The molecule has 5 heteroatoms. The van der Waals surface area contributed by atoms with E-state index >= 15 is 0 Å². The summed E-state index contributed by atoms with van der Waals surface area (Å²) in [5.74, 6) is 0.579. The van der Waals surface area contributed by atoms with E-state index < -0.39 is 5.97 Å². The molecule has 0 saturated heterocycles. The zero-order valence-corrected chi connectivity index (χ0v) is 14.9. The molecule has 0 bridgehead atoms. The summed E-state index contributed by atoms with van der Waals surface area (Å²) < 4.78 is 12.3. The van der Waals surface area contributed by atoms with Crippen molar-refractivity contribution in [2.75, 3.05) is 13.2 Å². The largest absolute Gasteiger partial charge is 0.490 e. The maximum Gasteiger partial charge on any atom is 0.303 e. The molecule has 124 valence electrons. The van der Waals surface area contributed by atoms with Crippen molar-refractivity contribution in [3.8, 4) is 11.5 Å². The fourth-order valence-electron chi connectivity index (χ4n) is 2.12. The molecule has 0 aliphatic rings. The highest BCUT2D eigenvalue weighted by molar-refractivity contribution is 9.10. The second-order valence-corrected chi connectivity index (χ2v) is 6.00. The number of rotatable bonds is 11. The number of carbonyl (C=O) groups is 1. The van der Waals surface area contributed by atoms with Crippen LogP contribution < -0.4 is 9.47 Å². The molecule has 1 N–H and O–H groups in total. The van der Waals surface area contributed by atoms with E-state index in [1.54, 1.807) is 0 Å². The van der Waals surface area contributed by atoms with E-state index in [1.165, 1.54) is 12.8 Å². The van der Waals surface area contributed by atoms with Gasteiger partial charge in [-0.15, -0.1) is 0 Å². The molecular weight excluding hydrogens is 348 g/mol. The Morgan fingerprint density at radius 2 is 1.95 bits per heavy atom. The van der Waals surface area contributed by atoms with Gasteiger partial charge in [0.2, 0.25) is 0 Å². The second-order valence-electron chi connectivity index (χ2n) is 5.14. The normalized spacial score (nSPS) is 10.5. The third-order valence-electron chi connectivity index (χ3n) is 3.24. The molecule has 0 radical (unpaired) electrons. The molecule has 0 heterocycles. The van der Waals surface area contributed by atoms with Crippen molar-refractivity contribution in [1.29, 1.82) is 0 Å². The van der Waals surface area contributed by atoms with E-state index in [0.717, 1.165) is 22.9 Å². The van der Waals surface area contributed by atoms with Gasteiger partial charge in [-0.3, -0.25) is 4.79 Å². The van der Waals surface area contributed by atoms with Crippen LogP contribution in [0.15, 0.2) is 16.6 Å². The van der Waals surface area contributed by atoms with E-state index in [4.69, 9.17) is 14.6 Å². The number of carboxylic acid groups (broad SMARTS) is 1. The third kappa shape index (κ3) is 6.69. The quantitative estimate of drug-likeness (QED) is 0.565. The highest BCUT2D eigenvalue weighted by Gasteiger charge is 2.13. The molecule has 0 aliphatic carbocycles. The molecule has 0 fully saturated rings. The Kier molecular flexibility index (Phi) is 8.97. The van der Waals surface area contributed by atoms with E-state index in [0.29, 0.717) is 31.1 Å². The smallest absolute Gasteiger partial charge is 0.303 e. The van der Waals surface area contributed by atoms with Crippen molar-refractivity contribution in [2.24, 2.45) is 0 Å². The van der Waals surface area contributed by atoms with E-state index in [9.17, 15) is 4.79 Å². The monoisotopic (exact) mass is 372 g/mol. The number of hydrogen-bond donors (Lipinski definition) is 1. The Labute approximate surface area is 140 Å². The molecule has 0 spiro atoms. The van der Waals surface area contributed by atoms with Gasteiger partial charge >= 0.3 is 5.97 Å². The van der Waals surface area contributed by atoms with E-state index in [1.807, 2.05) is 19.1 Å². The lowest BCUT2D eigenvalue weighted by Gasteiger charge is -2.15. The summed E-state index contributed by atoms with van der Waals surface area (Å²) in [5.41, 5.74) is 0.927. The van der Waals surface area contributed by atoms with Gasteiger partial charge in [0.25, 0.3) is 0 Å². The highest BCUT2D eigenvalue weighted by atomic mass is 79.9. The average Bonchev–Trinajstić information content (AvgIpc) is 2.47. The minimum Gasteiger partial charge on any atom is -0.490 e. The molecule has 1 aromatic rings. The zero-order valence-electron chi connectivity index (χ0n) is 13.4. The molecular formula is C17H25BrO4. The lowest BCUT2D eigenvalue weighted by atomic mass is 10.1. The van der Waals surface area contributed by atoms with Crippen molar-refractivity contribution in [3.05, 3.63) is 22.2 Å². The number of halogens is 1. The van der Waals surface area contributed by atoms with Crippen LogP contribution in [0.5, 0.6) is 11.5 Å². The maximum absolute atomic E-state index is 10.7.